The molecule has 1 N–H and O–H groups in total. The van der Waals surface area contributed by atoms with Gasteiger partial charge >= 0.3 is 5.97 Å². The van der Waals surface area contributed by atoms with Gasteiger partial charge in [-0.05, 0) is 53.4 Å². The van der Waals surface area contributed by atoms with Crippen molar-refractivity contribution in [2.45, 2.75) is 24.3 Å². The van der Waals surface area contributed by atoms with Crippen LogP contribution in [0, 0.1) is 5.82 Å². The van der Waals surface area contributed by atoms with E-state index in [9.17, 15) is 19.1 Å². The summed E-state index contributed by atoms with van der Waals surface area (Å²) in [6, 6.07) is 20.8. The number of carboxylic acids is 1. The first kappa shape index (κ1) is 17.6. The third kappa shape index (κ3) is 2.65. The first-order valence-electron chi connectivity index (χ1n) is 9.50. The molecule has 2 atom stereocenters. The second kappa shape index (κ2) is 6.27. The van der Waals surface area contributed by atoms with Crippen LogP contribution in [0.5, 0.6) is 0 Å². The van der Waals surface area contributed by atoms with E-state index in [1.807, 2.05) is 36.4 Å². The summed E-state index contributed by atoms with van der Waals surface area (Å²) in [6.45, 7) is 0.300. The lowest BCUT2D eigenvalue weighted by atomic mass is 9.92. The summed E-state index contributed by atoms with van der Waals surface area (Å²) in [7, 11) is 0. The number of carbonyl (C=O) groups excluding carboxylic acids is 1. The number of amides is 1. The minimum atomic E-state index is -0.996. The highest BCUT2D eigenvalue weighted by atomic mass is 19.1. The van der Waals surface area contributed by atoms with Crippen molar-refractivity contribution in [1.29, 1.82) is 0 Å². The maximum Gasteiger partial charge on any atom is 0.335 e. The van der Waals surface area contributed by atoms with Crippen molar-refractivity contribution in [2.75, 3.05) is 4.90 Å². The van der Waals surface area contributed by atoms with Crippen molar-refractivity contribution in [1.82, 2.24) is 0 Å². The van der Waals surface area contributed by atoms with Crippen molar-refractivity contribution in [3.63, 3.8) is 0 Å². The molecule has 3 aromatic carbocycles. The van der Waals surface area contributed by atoms with Gasteiger partial charge in [-0.3, -0.25) is 4.79 Å². The first-order valence-corrected chi connectivity index (χ1v) is 9.50. The lowest BCUT2D eigenvalue weighted by molar-refractivity contribution is -0.120. The van der Waals surface area contributed by atoms with Gasteiger partial charge in [-0.1, -0.05) is 42.5 Å². The van der Waals surface area contributed by atoms with Crippen molar-refractivity contribution in [3.05, 3.63) is 101 Å². The molecule has 2 unspecified atom stereocenters. The van der Waals surface area contributed by atoms with Crippen LogP contribution in [0.15, 0.2) is 72.8 Å². The van der Waals surface area contributed by atoms with E-state index in [0.717, 1.165) is 22.4 Å². The highest BCUT2D eigenvalue weighted by Gasteiger charge is 2.67. The number of hydrogen-bond donors (Lipinski definition) is 1. The SMILES string of the molecule is O=C(O)c1cccc(CN2C(=O)C3(CC3c3cccc(F)c3)c3ccccc32)c1. The molecule has 3 aromatic rings. The highest BCUT2D eigenvalue weighted by molar-refractivity contribution is 6.11. The summed E-state index contributed by atoms with van der Waals surface area (Å²) in [6.07, 6.45) is 0.651. The molecule has 1 amide bonds. The van der Waals surface area contributed by atoms with Crippen LogP contribution in [0.2, 0.25) is 0 Å². The van der Waals surface area contributed by atoms with Gasteiger partial charge in [0.05, 0.1) is 17.5 Å². The number of fused-ring (bicyclic) bond motifs is 2. The zero-order valence-electron chi connectivity index (χ0n) is 15.5. The third-order valence-corrected chi connectivity index (χ3v) is 6.03. The van der Waals surface area contributed by atoms with Gasteiger partial charge < -0.3 is 10.0 Å². The maximum atomic E-state index is 13.7. The van der Waals surface area contributed by atoms with Gasteiger partial charge in [0.15, 0.2) is 0 Å². The van der Waals surface area contributed by atoms with Crippen LogP contribution in [-0.4, -0.2) is 17.0 Å². The topological polar surface area (TPSA) is 57.6 Å². The molecule has 4 nitrogen and oxygen atoms in total. The fourth-order valence-corrected chi connectivity index (χ4v) is 4.62. The molecular weight excluding hydrogens is 369 g/mol. The summed E-state index contributed by atoms with van der Waals surface area (Å²) in [5.41, 5.74) is 2.94. The lowest BCUT2D eigenvalue weighted by Gasteiger charge is -2.19. The number of benzene rings is 3. The number of anilines is 1. The molecule has 2 aliphatic rings. The average Bonchev–Trinajstić information content (AvgIpc) is 3.44. The Labute approximate surface area is 167 Å². The molecule has 1 aliphatic carbocycles. The Morgan fingerprint density at radius 1 is 1.07 bits per heavy atom. The van der Waals surface area contributed by atoms with Crippen LogP contribution < -0.4 is 4.90 Å². The number of para-hydroxylation sites is 1. The Hall–Kier alpha value is -3.47. The molecule has 1 fully saturated rings. The zero-order valence-corrected chi connectivity index (χ0v) is 15.5. The third-order valence-electron chi connectivity index (χ3n) is 6.03. The Balaban J connectivity index is 1.52. The van der Waals surface area contributed by atoms with Gasteiger partial charge in [0.1, 0.15) is 5.82 Å². The monoisotopic (exact) mass is 387 g/mol. The minimum Gasteiger partial charge on any atom is -0.478 e. The summed E-state index contributed by atoms with van der Waals surface area (Å²) < 4.78 is 13.7. The Morgan fingerprint density at radius 2 is 1.86 bits per heavy atom. The number of nitrogens with zero attached hydrogens (tertiary/aromatic N) is 1. The van der Waals surface area contributed by atoms with E-state index >= 15 is 0 Å². The average molecular weight is 387 g/mol. The molecule has 5 heteroatoms. The largest absolute Gasteiger partial charge is 0.478 e. The van der Waals surface area contributed by atoms with Crippen LogP contribution >= 0.6 is 0 Å². The van der Waals surface area contributed by atoms with Gasteiger partial charge in [-0.15, -0.1) is 0 Å². The number of rotatable bonds is 4. The standard InChI is InChI=1S/C24H18FNO3/c25-18-8-4-6-16(12-18)20-13-24(20)19-9-1-2-10-21(19)26(23(24)29)14-15-5-3-7-17(11-15)22(27)28/h1-12,20H,13-14H2,(H,27,28). The molecule has 1 saturated carbocycles. The predicted octanol–water partition coefficient (Wildman–Crippen LogP) is 4.50. The van der Waals surface area contributed by atoms with Gasteiger partial charge in [0, 0.05) is 11.6 Å². The second-order valence-corrected chi connectivity index (χ2v) is 7.70. The van der Waals surface area contributed by atoms with E-state index in [2.05, 4.69) is 0 Å². The van der Waals surface area contributed by atoms with Crippen LogP contribution in [0.1, 0.15) is 39.4 Å². The molecule has 144 valence electrons. The number of aromatic carboxylic acids is 1. The number of carbonyl (C=O) groups is 2. The molecule has 0 aromatic heterocycles. The van der Waals surface area contributed by atoms with E-state index in [1.54, 1.807) is 23.1 Å². The quantitative estimate of drug-likeness (QED) is 0.717. The van der Waals surface area contributed by atoms with Crippen LogP contribution in [0.4, 0.5) is 10.1 Å². The van der Waals surface area contributed by atoms with Gasteiger partial charge in [0.2, 0.25) is 5.91 Å². The van der Waals surface area contributed by atoms with Crippen LogP contribution in [-0.2, 0) is 16.8 Å². The summed E-state index contributed by atoms with van der Waals surface area (Å²) in [5, 5.41) is 9.24. The molecule has 1 aliphatic heterocycles. The second-order valence-electron chi connectivity index (χ2n) is 7.70. The zero-order chi connectivity index (χ0) is 20.2. The van der Waals surface area contributed by atoms with Gasteiger partial charge in [-0.25, -0.2) is 9.18 Å². The molecule has 0 saturated heterocycles. The van der Waals surface area contributed by atoms with Gasteiger partial charge in [-0.2, -0.15) is 0 Å². The molecule has 0 bridgehead atoms. The lowest BCUT2D eigenvalue weighted by Crippen LogP contribution is -2.32. The van der Waals surface area contributed by atoms with Gasteiger partial charge in [0.25, 0.3) is 0 Å². The number of carboxylic acid groups (broad SMARTS) is 1. The molecular formula is C24H18FNO3. The van der Waals surface area contributed by atoms with E-state index < -0.39 is 11.4 Å². The Morgan fingerprint density at radius 3 is 2.66 bits per heavy atom. The summed E-state index contributed by atoms with van der Waals surface area (Å²) >= 11 is 0. The molecule has 1 heterocycles. The van der Waals surface area contributed by atoms with E-state index in [4.69, 9.17) is 0 Å². The van der Waals surface area contributed by atoms with E-state index in [0.29, 0.717) is 13.0 Å². The number of hydrogen-bond acceptors (Lipinski definition) is 2. The molecule has 5 rings (SSSR count). The summed E-state index contributed by atoms with van der Waals surface area (Å²) in [5.74, 6) is -1.36. The fourth-order valence-electron chi connectivity index (χ4n) is 4.62. The van der Waals surface area contributed by atoms with E-state index in [-0.39, 0.29) is 23.2 Å². The maximum absolute atomic E-state index is 13.7. The molecule has 0 radical (unpaired) electrons. The Kier molecular flexibility index (Phi) is 3.81. The van der Waals surface area contributed by atoms with E-state index in [1.165, 1.54) is 18.2 Å². The van der Waals surface area contributed by atoms with Crippen molar-refractivity contribution in [3.8, 4) is 0 Å². The predicted molar refractivity (Wildman–Crippen MR) is 106 cm³/mol. The molecule has 29 heavy (non-hydrogen) atoms. The first-order chi connectivity index (χ1) is 14.0. The normalized spacial score (nSPS) is 22.0. The minimum absolute atomic E-state index is 0.00584. The fraction of sp³-hybridized carbons (Fsp3) is 0.167. The highest BCUT2D eigenvalue weighted by Crippen LogP contribution is 2.66. The number of halogens is 1. The summed E-state index contributed by atoms with van der Waals surface area (Å²) in [4.78, 5) is 26.6. The smallest absolute Gasteiger partial charge is 0.335 e. The molecule has 1 spiro atoms. The van der Waals surface area contributed by atoms with Crippen molar-refractivity contribution in [2.24, 2.45) is 0 Å². The van der Waals surface area contributed by atoms with Crippen molar-refractivity contribution >= 4 is 17.6 Å². The Bertz CT molecular complexity index is 1160. The van der Waals surface area contributed by atoms with Crippen molar-refractivity contribution < 1.29 is 19.1 Å². The van der Waals surface area contributed by atoms with Crippen LogP contribution in [0.25, 0.3) is 0 Å². The van der Waals surface area contributed by atoms with Crippen LogP contribution in [0.3, 0.4) is 0 Å².